The second kappa shape index (κ2) is 5.31. The summed E-state index contributed by atoms with van der Waals surface area (Å²) in [5, 5.41) is 0.522. The molecule has 2 aromatic carbocycles. The summed E-state index contributed by atoms with van der Waals surface area (Å²) in [7, 11) is 0. The van der Waals surface area contributed by atoms with Crippen LogP contribution in [0.2, 0.25) is 0 Å². The number of hydrogen-bond acceptors (Lipinski definition) is 4. The second-order valence-electron chi connectivity index (χ2n) is 5.27. The first-order valence-electron chi connectivity index (χ1n) is 7.17. The first-order chi connectivity index (χ1) is 10.8. The van der Waals surface area contributed by atoms with Gasteiger partial charge in [-0.25, -0.2) is 0 Å². The Labute approximate surface area is 126 Å². The van der Waals surface area contributed by atoms with Crippen molar-refractivity contribution in [3.8, 4) is 17.1 Å². The molecule has 0 radical (unpaired) electrons. The molecule has 1 aromatic heterocycles. The molecule has 0 amide bonds. The maximum atomic E-state index is 12.3. The van der Waals surface area contributed by atoms with Crippen molar-refractivity contribution in [3.63, 3.8) is 0 Å². The minimum absolute atomic E-state index is 0.0757. The van der Waals surface area contributed by atoms with Crippen molar-refractivity contribution in [3.05, 3.63) is 64.8 Å². The van der Waals surface area contributed by atoms with Crippen LogP contribution in [-0.2, 0) is 4.74 Å². The third kappa shape index (κ3) is 2.61. The maximum absolute atomic E-state index is 12.3. The van der Waals surface area contributed by atoms with Crippen LogP contribution in [0.3, 0.4) is 0 Å². The SMILES string of the molecule is O=c1cc(-c2ccccc2)oc2ccc(OCC3CO3)cc12. The van der Waals surface area contributed by atoms with Crippen LogP contribution in [0.1, 0.15) is 0 Å². The van der Waals surface area contributed by atoms with Gasteiger partial charge in [0.15, 0.2) is 5.43 Å². The van der Waals surface area contributed by atoms with E-state index in [9.17, 15) is 4.79 Å². The summed E-state index contributed by atoms with van der Waals surface area (Å²) in [6, 6.07) is 16.4. The summed E-state index contributed by atoms with van der Waals surface area (Å²) >= 11 is 0. The fourth-order valence-electron chi connectivity index (χ4n) is 2.32. The molecule has 4 rings (SSSR count). The van der Waals surface area contributed by atoms with Gasteiger partial charge < -0.3 is 13.9 Å². The van der Waals surface area contributed by atoms with Gasteiger partial charge in [0.1, 0.15) is 29.8 Å². The molecule has 1 aliphatic heterocycles. The monoisotopic (exact) mass is 294 g/mol. The second-order valence-corrected chi connectivity index (χ2v) is 5.27. The number of epoxide rings is 1. The molecule has 1 unspecified atom stereocenters. The lowest BCUT2D eigenvalue weighted by Gasteiger charge is -2.06. The summed E-state index contributed by atoms with van der Waals surface area (Å²) in [5.74, 6) is 1.22. The van der Waals surface area contributed by atoms with Crippen molar-refractivity contribution in [2.45, 2.75) is 6.10 Å². The highest BCUT2D eigenvalue weighted by molar-refractivity contribution is 5.80. The molecule has 2 heterocycles. The molecule has 0 N–H and O–H groups in total. The Balaban J connectivity index is 1.72. The summed E-state index contributed by atoms with van der Waals surface area (Å²) < 4.78 is 16.5. The van der Waals surface area contributed by atoms with Gasteiger partial charge in [-0.1, -0.05) is 30.3 Å². The molecule has 22 heavy (non-hydrogen) atoms. The molecule has 3 aromatic rings. The van der Waals surface area contributed by atoms with E-state index in [4.69, 9.17) is 13.9 Å². The molecule has 0 saturated carbocycles. The van der Waals surface area contributed by atoms with Gasteiger partial charge in [-0.2, -0.15) is 0 Å². The fraction of sp³-hybridized carbons (Fsp3) is 0.167. The predicted octanol–water partition coefficient (Wildman–Crippen LogP) is 3.24. The van der Waals surface area contributed by atoms with Crippen molar-refractivity contribution in [1.82, 2.24) is 0 Å². The highest BCUT2D eigenvalue weighted by Gasteiger charge is 2.23. The van der Waals surface area contributed by atoms with Crippen LogP contribution >= 0.6 is 0 Å². The van der Waals surface area contributed by atoms with E-state index in [1.54, 1.807) is 12.1 Å². The topological polar surface area (TPSA) is 52.0 Å². The zero-order valence-corrected chi connectivity index (χ0v) is 11.8. The van der Waals surface area contributed by atoms with E-state index in [1.807, 2.05) is 36.4 Å². The van der Waals surface area contributed by atoms with E-state index in [1.165, 1.54) is 6.07 Å². The molecule has 4 heteroatoms. The van der Waals surface area contributed by atoms with Gasteiger partial charge in [-0.3, -0.25) is 4.79 Å². The maximum Gasteiger partial charge on any atom is 0.193 e. The van der Waals surface area contributed by atoms with Crippen molar-refractivity contribution in [2.24, 2.45) is 0 Å². The van der Waals surface area contributed by atoms with E-state index in [2.05, 4.69) is 0 Å². The van der Waals surface area contributed by atoms with Gasteiger partial charge in [0.25, 0.3) is 0 Å². The number of hydrogen-bond donors (Lipinski definition) is 0. The molecule has 4 nitrogen and oxygen atoms in total. The lowest BCUT2D eigenvalue weighted by atomic mass is 10.1. The van der Waals surface area contributed by atoms with Gasteiger partial charge in [0.2, 0.25) is 0 Å². The zero-order chi connectivity index (χ0) is 14.9. The summed E-state index contributed by atoms with van der Waals surface area (Å²) in [4.78, 5) is 12.3. The Hall–Kier alpha value is -2.59. The van der Waals surface area contributed by atoms with E-state index >= 15 is 0 Å². The quantitative estimate of drug-likeness (QED) is 0.693. The molecule has 1 saturated heterocycles. The Morgan fingerprint density at radius 1 is 1.09 bits per heavy atom. The Kier molecular flexibility index (Phi) is 3.16. The van der Waals surface area contributed by atoms with Crippen LogP contribution in [-0.4, -0.2) is 19.3 Å². The highest BCUT2D eigenvalue weighted by atomic mass is 16.6. The third-order valence-electron chi connectivity index (χ3n) is 3.60. The average molecular weight is 294 g/mol. The minimum atomic E-state index is -0.0757. The number of fused-ring (bicyclic) bond motifs is 1. The van der Waals surface area contributed by atoms with Gasteiger partial charge in [-0.15, -0.1) is 0 Å². The number of ether oxygens (including phenoxy) is 2. The average Bonchev–Trinajstić information content (AvgIpc) is 3.38. The lowest BCUT2D eigenvalue weighted by Crippen LogP contribution is -2.05. The number of benzene rings is 2. The van der Waals surface area contributed by atoms with Gasteiger partial charge in [0, 0.05) is 11.6 Å². The van der Waals surface area contributed by atoms with Crippen LogP contribution in [0.5, 0.6) is 5.75 Å². The molecule has 110 valence electrons. The Bertz CT molecular complexity index is 863. The first-order valence-corrected chi connectivity index (χ1v) is 7.17. The molecular weight excluding hydrogens is 280 g/mol. The summed E-state index contributed by atoms with van der Waals surface area (Å²) in [5.41, 5.74) is 1.36. The van der Waals surface area contributed by atoms with Crippen LogP contribution in [0.25, 0.3) is 22.3 Å². The summed E-state index contributed by atoms with van der Waals surface area (Å²) in [6.45, 7) is 1.26. The van der Waals surface area contributed by atoms with Crippen molar-refractivity contribution in [1.29, 1.82) is 0 Å². The smallest absolute Gasteiger partial charge is 0.193 e. The van der Waals surface area contributed by atoms with Crippen molar-refractivity contribution >= 4 is 11.0 Å². The van der Waals surface area contributed by atoms with E-state index in [-0.39, 0.29) is 11.5 Å². The summed E-state index contributed by atoms with van der Waals surface area (Å²) in [6.07, 6.45) is 0.188. The van der Waals surface area contributed by atoms with E-state index in [0.29, 0.717) is 29.1 Å². The van der Waals surface area contributed by atoms with Gasteiger partial charge >= 0.3 is 0 Å². The van der Waals surface area contributed by atoms with Crippen LogP contribution in [0, 0.1) is 0 Å². The van der Waals surface area contributed by atoms with Crippen LogP contribution in [0.4, 0.5) is 0 Å². The standard InChI is InChI=1S/C18H14O4/c19-16-9-18(12-4-2-1-3-5-12)22-17-7-6-13(8-15(16)17)20-10-14-11-21-14/h1-9,14H,10-11H2. The molecule has 0 bridgehead atoms. The lowest BCUT2D eigenvalue weighted by molar-refractivity contribution is 0.263. The van der Waals surface area contributed by atoms with Gasteiger partial charge in [-0.05, 0) is 18.2 Å². The van der Waals surface area contributed by atoms with Crippen LogP contribution < -0.4 is 10.2 Å². The molecule has 1 atom stereocenters. The molecular formula is C18H14O4. The molecule has 0 spiro atoms. The van der Waals surface area contributed by atoms with Crippen LogP contribution in [0.15, 0.2) is 63.8 Å². The number of rotatable bonds is 4. The Morgan fingerprint density at radius 2 is 1.91 bits per heavy atom. The van der Waals surface area contributed by atoms with Gasteiger partial charge in [0.05, 0.1) is 12.0 Å². The predicted molar refractivity (Wildman–Crippen MR) is 83.2 cm³/mol. The molecule has 0 aliphatic carbocycles. The van der Waals surface area contributed by atoms with Crippen molar-refractivity contribution < 1.29 is 13.9 Å². The largest absolute Gasteiger partial charge is 0.491 e. The van der Waals surface area contributed by atoms with E-state index in [0.717, 1.165) is 12.2 Å². The van der Waals surface area contributed by atoms with Crippen molar-refractivity contribution in [2.75, 3.05) is 13.2 Å². The zero-order valence-electron chi connectivity index (χ0n) is 11.8. The Morgan fingerprint density at radius 3 is 2.68 bits per heavy atom. The first kappa shape index (κ1) is 13.1. The third-order valence-corrected chi connectivity index (χ3v) is 3.60. The van der Waals surface area contributed by atoms with E-state index < -0.39 is 0 Å². The molecule has 1 aliphatic rings. The fourth-order valence-corrected chi connectivity index (χ4v) is 2.32. The normalized spacial score (nSPS) is 16.6. The molecule has 1 fully saturated rings. The minimum Gasteiger partial charge on any atom is -0.491 e. The highest BCUT2D eigenvalue weighted by Crippen LogP contribution is 2.25.